The normalized spacial score (nSPS) is 17.9. The largest absolute Gasteiger partial charge is 0.484 e. The number of alkyl halides is 3. The Morgan fingerprint density at radius 1 is 1.24 bits per heavy atom. The number of nitrogens with one attached hydrogen (secondary N) is 2. The lowest BCUT2D eigenvalue weighted by Crippen LogP contribution is -2.48. The predicted molar refractivity (Wildman–Crippen MR) is 130 cm³/mol. The fourth-order valence-corrected chi connectivity index (χ4v) is 5.53. The first-order valence-corrected chi connectivity index (χ1v) is 13.2. The average Bonchev–Trinajstić information content (AvgIpc) is 3.56. The third kappa shape index (κ3) is 5.51. The molecule has 0 bridgehead atoms. The molecule has 0 saturated heterocycles. The molecule has 2 heterocycles. The van der Waals surface area contributed by atoms with Crippen LogP contribution < -0.4 is 19.7 Å². The Morgan fingerprint density at radius 2 is 1.92 bits per heavy atom. The second-order valence-electron chi connectivity index (χ2n) is 9.69. The van der Waals surface area contributed by atoms with Crippen molar-refractivity contribution < 1.29 is 40.7 Å². The summed E-state index contributed by atoms with van der Waals surface area (Å²) in [4.78, 5) is 23.6. The predicted octanol–water partition coefficient (Wildman–Crippen LogP) is 3.51. The van der Waals surface area contributed by atoms with Crippen molar-refractivity contribution in [1.29, 1.82) is 0 Å². The lowest BCUT2D eigenvalue weighted by atomic mass is 10.1. The number of anilines is 2. The molecule has 1 atom stereocenters. The Kier molecular flexibility index (Phi) is 7.01. The summed E-state index contributed by atoms with van der Waals surface area (Å²) in [6.45, 7) is 4.24. The van der Waals surface area contributed by atoms with Gasteiger partial charge < -0.3 is 14.8 Å². The van der Waals surface area contributed by atoms with Crippen LogP contribution in [0.2, 0.25) is 0 Å². The van der Waals surface area contributed by atoms with Crippen molar-refractivity contribution in [3.63, 3.8) is 0 Å². The topological polar surface area (TPSA) is 132 Å². The van der Waals surface area contributed by atoms with Gasteiger partial charge in [0.2, 0.25) is 11.5 Å². The number of amides is 2. The minimum atomic E-state index is -4.80. The molecule has 4 rings (SSSR count). The number of rotatable bonds is 7. The zero-order valence-corrected chi connectivity index (χ0v) is 21.9. The maximum Gasteiger partial charge on any atom is 0.427 e. The molecule has 208 valence electrons. The van der Waals surface area contributed by atoms with Crippen LogP contribution in [0, 0.1) is 6.92 Å². The number of halogens is 3. The van der Waals surface area contributed by atoms with E-state index >= 15 is 0 Å². The van der Waals surface area contributed by atoms with Crippen molar-refractivity contribution in [3.8, 4) is 5.75 Å². The number of carbonyl (C=O) groups is 2. The third-order valence-electron chi connectivity index (χ3n) is 6.21. The first kappa shape index (κ1) is 27.5. The fraction of sp³-hybridized carbons (Fsp3) is 0.522. The number of aromatic nitrogens is 2. The minimum Gasteiger partial charge on any atom is -0.484 e. The first-order valence-electron chi connectivity index (χ1n) is 11.8. The van der Waals surface area contributed by atoms with Crippen molar-refractivity contribution >= 4 is 33.4 Å². The average molecular weight is 560 g/mol. The SMILES string of the molecule is CC(=O)NCC1CN(S(=O)(=O)c2cnn(C3CC3)c2C)c2cc(NC(=O)OC(C)(C)C(F)(F)F)ccc2O1. The Labute approximate surface area is 217 Å². The molecule has 38 heavy (non-hydrogen) atoms. The van der Waals surface area contributed by atoms with Crippen LogP contribution in [0.1, 0.15) is 45.3 Å². The highest BCUT2D eigenvalue weighted by atomic mass is 32.2. The van der Waals surface area contributed by atoms with Gasteiger partial charge in [0.1, 0.15) is 16.7 Å². The zero-order chi connectivity index (χ0) is 28.0. The highest BCUT2D eigenvalue weighted by molar-refractivity contribution is 7.92. The van der Waals surface area contributed by atoms with Crippen LogP contribution in [0.5, 0.6) is 5.75 Å². The van der Waals surface area contributed by atoms with E-state index in [2.05, 4.69) is 20.5 Å². The molecule has 2 aromatic rings. The van der Waals surface area contributed by atoms with Crippen LogP contribution >= 0.6 is 0 Å². The molecular formula is C23H28F3N5O6S. The number of fused-ring (bicyclic) bond motifs is 1. The van der Waals surface area contributed by atoms with E-state index < -0.39 is 34.0 Å². The van der Waals surface area contributed by atoms with Crippen molar-refractivity contribution in [2.75, 3.05) is 22.7 Å². The fourth-order valence-electron chi connectivity index (χ4n) is 3.88. The van der Waals surface area contributed by atoms with E-state index in [0.29, 0.717) is 19.5 Å². The van der Waals surface area contributed by atoms with Crippen LogP contribution in [-0.4, -0.2) is 61.2 Å². The van der Waals surface area contributed by atoms with Gasteiger partial charge in [-0.2, -0.15) is 18.3 Å². The Morgan fingerprint density at radius 3 is 2.53 bits per heavy atom. The van der Waals surface area contributed by atoms with E-state index in [1.54, 1.807) is 11.6 Å². The molecule has 1 saturated carbocycles. The molecule has 2 aliphatic rings. The van der Waals surface area contributed by atoms with Crippen molar-refractivity contribution in [3.05, 3.63) is 30.1 Å². The molecule has 2 N–H and O–H groups in total. The van der Waals surface area contributed by atoms with Crippen LogP contribution in [0.4, 0.5) is 29.3 Å². The van der Waals surface area contributed by atoms with Crippen molar-refractivity contribution in [1.82, 2.24) is 15.1 Å². The summed E-state index contributed by atoms with van der Waals surface area (Å²) in [5.41, 5.74) is -2.25. The summed E-state index contributed by atoms with van der Waals surface area (Å²) >= 11 is 0. The summed E-state index contributed by atoms with van der Waals surface area (Å²) in [7, 11) is -4.19. The molecule has 1 unspecified atom stereocenters. The van der Waals surface area contributed by atoms with E-state index in [4.69, 9.17) is 4.74 Å². The second-order valence-corrected chi connectivity index (χ2v) is 11.5. The van der Waals surface area contributed by atoms with E-state index in [-0.39, 0.29) is 47.1 Å². The van der Waals surface area contributed by atoms with Crippen LogP contribution in [0.3, 0.4) is 0 Å². The Bertz CT molecular complexity index is 1350. The quantitative estimate of drug-likeness (QED) is 0.531. The number of benzene rings is 1. The molecule has 1 aromatic heterocycles. The van der Waals surface area contributed by atoms with Crippen molar-refractivity contribution in [2.45, 2.75) is 69.4 Å². The molecule has 1 aromatic carbocycles. The van der Waals surface area contributed by atoms with Gasteiger partial charge in [-0.1, -0.05) is 0 Å². The maximum atomic E-state index is 13.8. The zero-order valence-electron chi connectivity index (χ0n) is 21.1. The highest BCUT2D eigenvalue weighted by Crippen LogP contribution is 2.41. The molecule has 1 fully saturated rings. The summed E-state index contributed by atoms with van der Waals surface area (Å²) < 4.78 is 80.2. The smallest absolute Gasteiger partial charge is 0.427 e. The lowest BCUT2D eigenvalue weighted by molar-refractivity contribution is -0.242. The molecule has 0 spiro atoms. The lowest BCUT2D eigenvalue weighted by Gasteiger charge is -2.35. The van der Waals surface area contributed by atoms with Gasteiger partial charge in [0, 0.05) is 12.6 Å². The maximum absolute atomic E-state index is 13.8. The summed E-state index contributed by atoms with van der Waals surface area (Å²) in [5, 5.41) is 9.05. The first-order chi connectivity index (χ1) is 17.6. The minimum absolute atomic E-state index is 0.0127. The molecule has 2 amide bonds. The van der Waals surface area contributed by atoms with Gasteiger partial charge >= 0.3 is 12.3 Å². The molecule has 0 radical (unpaired) electrons. The van der Waals surface area contributed by atoms with E-state index in [1.807, 2.05) is 0 Å². The van der Waals surface area contributed by atoms with Gasteiger partial charge in [0.15, 0.2) is 0 Å². The van der Waals surface area contributed by atoms with Gasteiger partial charge in [0.25, 0.3) is 10.0 Å². The van der Waals surface area contributed by atoms with Gasteiger partial charge in [-0.05, 0) is 51.8 Å². The monoisotopic (exact) mass is 559 g/mol. The summed E-state index contributed by atoms with van der Waals surface area (Å²) in [5.74, 6) is -0.188. The number of carbonyl (C=O) groups excluding carboxylic acids is 2. The number of nitrogens with zero attached hydrogens (tertiary/aromatic N) is 3. The van der Waals surface area contributed by atoms with E-state index in [9.17, 15) is 31.2 Å². The highest BCUT2D eigenvalue weighted by Gasteiger charge is 2.51. The Balaban J connectivity index is 1.66. The van der Waals surface area contributed by atoms with Crippen LogP contribution in [-0.2, 0) is 19.6 Å². The number of sulfonamides is 1. The van der Waals surface area contributed by atoms with E-state index in [1.165, 1.54) is 31.3 Å². The molecule has 1 aliphatic heterocycles. The van der Waals surface area contributed by atoms with Crippen LogP contribution in [0.15, 0.2) is 29.3 Å². The van der Waals surface area contributed by atoms with Gasteiger partial charge in [-0.25, -0.2) is 13.2 Å². The number of hydrogen-bond acceptors (Lipinski definition) is 7. The number of hydrogen-bond donors (Lipinski definition) is 2. The van der Waals surface area contributed by atoms with Crippen LogP contribution in [0.25, 0.3) is 0 Å². The third-order valence-corrected chi connectivity index (χ3v) is 8.09. The molecular weight excluding hydrogens is 531 g/mol. The van der Waals surface area contributed by atoms with E-state index in [0.717, 1.165) is 17.1 Å². The second kappa shape index (κ2) is 9.67. The standard InChI is InChI=1S/C23H28F3N5O6S/c1-13-20(11-28-31(13)16-6-7-16)38(34,35)30-12-17(10-27-14(2)32)36-19-8-5-15(9-18(19)30)29-21(33)37-22(3,4)23(24,25)26/h5,8-9,11,16-17H,6-7,10,12H2,1-4H3,(H,27,32)(H,29,33). The number of ether oxygens (including phenoxy) is 2. The summed E-state index contributed by atoms with van der Waals surface area (Å²) in [6.07, 6.45) is -3.83. The summed E-state index contributed by atoms with van der Waals surface area (Å²) in [6, 6.07) is 4.13. The molecule has 15 heteroatoms. The van der Waals surface area contributed by atoms with Gasteiger partial charge in [-0.15, -0.1) is 0 Å². The van der Waals surface area contributed by atoms with Crippen molar-refractivity contribution in [2.24, 2.45) is 0 Å². The van der Waals surface area contributed by atoms with Gasteiger partial charge in [0.05, 0.1) is 36.7 Å². The molecule has 11 nitrogen and oxygen atoms in total. The molecule has 1 aliphatic carbocycles. The Hall–Kier alpha value is -3.49. The van der Waals surface area contributed by atoms with Gasteiger partial charge in [-0.3, -0.25) is 19.1 Å².